The van der Waals surface area contributed by atoms with Crippen molar-refractivity contribution in [2.45, 2.75) is 32.2 Å². The summed E-state index contributed by atoms with van der Waals surface area (Å²) in [6, 6.07) is 4.61. The van der Waals surface area contributed by atoms with Crippen molar-refractivity contribution in [3.05, 3.63) is 28.8 Å². The van der Waals surface area contributed by atoms with E-state index in [-0.39, 0.29) is 10.7 Å². The van der Waals surface area contributed by atoms with Gasteiger partial charge in [-0.25, -0.2) is 0 Å². The van der Waals surface area contributed by atoms with Crippen LogP contribution in [0.25, 0.3) is 0 Å². The average Bonchev–Trinajstić information content (AvgIpc) is 2.73. The van der Waals surface area contributed by atoms with Crippen molar-refractivity contribution in [3.8, 4) is 5.75 Å². The quantitative estimate of drug-likeness (QED) is 0.911. The van der Waals surface area contributed by atoms with Gasteiger partial charge in [0.05, 0.1) is 0 Å². The van der Waals surface area contributed by atoms with Crippen LogP contribution in [-0.4, -0.2) is 40.2 Å². The number of hydrogen-bond acceptors (Lipinski definition) is 4. The predicted octanol–water partition coefficient (Wildman–Crippen LogP) is 2.89. The lowest BCUT2D eigenvalue weighted by molar-refractivity contribution is -0.302. The molecule has 0 aromatic heterocycles. The third-order valence-corrected chi connectivity index (χ3v) is 3.54. The van der Waals surface area contributed by atoms with E-state index in [0.29, 0.717) is 16.3 Å². The summed E-state index contributed by atoms with van der Waals surface area (Å²) in [6.07, 6.45) is -5.82. The zero-order valence-electron chi connectivity index (χ0n) is 12.3. The second-order valence-corrected chi connectivity index (χ2v) is 5.67. The minimum absolute atomic E-state index is 0.000786. The monoisotopic (exact) mass is 350 g/mol. The molecule has 23 heavy (non-hydrogen) atoms. The summed E-state index contributed by atoms with van der Waals surface area (Å²) in [4.78, 5) is 12.0. The Bertz CT molecular complexity index is 663. The van der Waals surface area contributed by atoms with Crippen molar-refractivity contribution in [1.29, 1.82) is 0 Å². The summed E-state index contributed by atoms with van der Waals surface area (Å²) < 4.78 is 44.3. The maximum Gasteiger partial charge on any atom is 0.438 e. The summed E-state index contributed by atoms with van der Waals surface area (Å²) in [7, 11) is 0. The smallest absolute Gasteiger partial charge is 0.438 e. The van der Waals surface area contributed by atoms with Gasteiger partial charge in [-0.15, -0.1) is 0 Å². The molecular formula is C14H14ClF3N2O3. The number of nitrogens with zero attached hydrogens (tertiary/aromatic N) is 2. The standard InChI is InChI=1S/C14H14ClF3N2O3/c1-8-5-10(15)3-4-11(8)23-7-12(21)20-13(22,14(16,17)18)6-9(2)19-20/h3-5,22H,6-7H2,1-2H3/t13-/m1/s1. The Morgan fingerprint density at radius 2 is 2.13 bits per heavy atom. The zero-order chi connectivity index (χ0) is 17.4. The summed E-state index contributed by atoms with van der Waals surface area (Å²) >= 11 is 5.78. The van der Waals surface area contributed by atoms with Crippen LogP contribution in [0, 0.1) is 6.92 Å². The number of amides is 1. The molecule has 0 aliphatic carbocycles. The van der Waals surface area contributed by atoms with E-state index < -0.39 is 30.8 Å². The van der Waals surface area contributed by atoms with Gasteiger partial charge in [0.15, 0.2) is 6.61 Å². The van der Waals surface area contributed by atoms with Crippen molar-refractivity contribution in [2.24, 2.45) is 5.10 Å². The Hall–Kier alpha value is -1.80. The van der Waals surface area contributed by atoms with Crippen molar-refractivity contribution < 1.29 is 27.8 Å². The Morgan fingerprint density at radius 1 is 1.48 bits per heavy atom. The summed E-state index contributed by atoms with van der Waals surface area (Å²) in [6.45, 7) is 2.28. The largest absolute Gasteiger partial charge is 0.483 e. The van der Waals surface area contributed by atoms with Crippen LogP contribution < -0.4 is 4.74 Å². The van der Waals surface area contributed by atoms with Crippen LogP contribution in [0.4, 0.5) is 13.2 Å². The highest BCUT2D eigenvalue weighted by Crippen LogP contribution is 2.40. The van der Waals surface area contributed by atoms with E-state index in [4.69, 9.17) is 16.3 Å². The van der Waals surface area contributed by atoms with Crippen LogP contribution >= 0.6 is 11.6 Å². The van der Waals surface area contributed by atoms with E-state index in [9.17, 15) is 23.1 Å². The SMILES string of the molecule is CC1=NN(C(=O)COc2ccc(Cl)cc2C)[C@](O)(C(F)(F)F)C1. The number of alkyl halides is 3. The number of halogens is 4. The first kappa shape index (κ1) is 17.6. The van der Waals surface area contributed by atoms with E-state index >= 15 is 0 Å². The molecule has 0 unspecified atom stereocenters. The van der Waals surface area contributed by atoms with Crippen LogP contribution in [0.1, 0.15) is 18.9 Å². The number of benzene rings is 1. The topological polar surface area (TPSA) is 62.1 Å². The highest BCUT2D eigenvalue weighted by Gasteiger charge is 2.62. The van der Waals surface area contributed by atoms with Gasteiger partial charge in [0.1, 0.15) is 5.75 Å². The molecule has 1 heterocycles. The first-order chi connectivity index (χ1) is 10.5. The molecule has 1 aromatic carbocycles. The lowest BCUT2D eigenvalue weighted by Crippen LogP contribution is -2.57. The third kappa shape index (κ3) is 3.42. The number of rotatable bonds is 3. The van der Waals surface area contributed by atoms with Gasteiger partial charge in [0.25, 0.3) is 11.6 Å². The molecule has 1 N–H and O–H groups in total. The second-order valence-electron chi connectivity index (χ2n) is 5.23. The summed E-state index contributed by atoms with van der Waals surface area (Å²) in [5.41, 5.74) is -2.72. The zero-order valence-corrected chi connectivity index (χ0v) is 13.1. The van der Waals surface area contributed by atoms with Crippen LogP contribution in [0.3, 0.4) is 0 Å². The van der Waals surface area contributed by atoms with Crippen LogP contribution in [0.2, 0.25) is 5.02 Å². The highest BCUT2D eigenvalue weighted by molar-refractivity contribution is 6.30. The van der Waals surface area contributed by atoms with E-state index in [1.807, 2.05) is 0 Å². The Kier molecular flexibility index (Phi) is 4.59. The van der Waals surface area contributed by atoms with Crippen molar-refractivity contribution in [1.82, 2.24) is 5.01 Å². The molecule has 0 saturated heterocycles. The van der Waals surface area contributed by atoms with Crippen LogP contribution in [-0.2, 0) is 4.79 Å². The van der Waals surface area contributed by atoms with Crippen molar-refractivity contribution >= 4 is 23.2 Å². The fraction of sp³-hybridized carbons (Fsp3) is 0.429. The number of aliphatic hydroxyl groups is 1. The molecule has 0 spiro atoms. The van der Waals surface area contributed by atoms with Crippen LogP contribution in [0.15, 0.2) is 23.3 Å². The Morgan fingerprint density at radius 3 is 2.70 bits per heavy atom. The number of hydrogen-bond donors (Lipinski definition) is 1. The fourth-order valence-electron chi connectivity index (χ4n) is 2.18. The number of ether oxygens (including phenoxy) is 1. The van der Waals surface area contributed by atoms with Gasteiger partial charge in [-0.2, -0.15) is 23.3 Å². The van der Waals surface area contributed by atoms with Crippen LogP contribution in [0.5, 0.6) is 5.75 Å². The van der Waals surface area contributed by atoms with Crippen molar-refractivity contribution in [2.75, 3.05) is 6.61 Å². The van der Waals surface area contributed by atoms with Gasteiger partial charge in [0.2, 0.25) is 0 Å². The molecule has 0 saturated carbocycles. The molecule has 0 bridgehead atoms. The first-order valence-corrected chi connectivity index (χ1v) is 6.97. The van der Waals surface area contributed by atoms with Crippen molar-refractivity contribution in [3.63, 3.8) is 0 Å². The van der Waals surface area contributed by atoms with Gasteiger partial charge in [0, 0.05) is 17.2 Å². The lowest BCUT2D eigenvalue weighted by Gasteiger charge is -2.32. The molecule has 2 rings (SSSR count). The number of aryl methyl sites for hydroxylation is 1. The molecule has 126 valence electrons. The van der Waals surface area contributed by atoms with Gasteiger partial charge >= 0.3 is 6.18 Å². The van der Waals surface area contributed by atoms with Gasteiger partial charge < -0.3 is 9.84 Å². The molecule has 1 aromatic rings. The highest BCUT2D eigenvalue weighted by atomic mass is 35.5. The molecule has 5 nitrogen and oxygen atoms in total. The normalized spacial score (nSPS) is 21.3. The lowest BCUT2D eigenvalue weighted by atomic mass is 10.1. The third-order valence-electron chi connectivity index (χ3n) is 3.30. The first-order valence-electron chi connectivity index (χ1n) is 6.60. The maximum atomic E-state index is 13.0. The van der Waals surface area contributed by atoms with E-state index in [1.165, 1.54) is 19.1 Å². The van der Waals surface area contributed by atoms with E-state index in [0.717, 1.165) is 0 Å². The molecule has 1 atom stereocenters. The van der Waals surface area contributed by atoms with E-state index in [1.54, 1.807) is 13.0 Å². The summed E-state index contributed by atoms with van der Waals surface area (Å²) in [5, 5.41) is 13.8. The predicted molar refractivity (Wildman–Crippen MR) is 77.3 cm³/mol. The van der Waals surface area contributed by atoms with Gasteiger partial charge in [-0.1, -0.05) is 11.6 Å². The molecule has 1 amide bonds. The average molecular weight is 351 g/mol. The van der Waals surface area contributed by atoms with E-state index in [2.05, 4.69) is 5.10 Å². The Balaban J connectivity index is 2.13. The molecule has 0 fully saturated rings. The Labute approximate surface area is 135 Å². The fourth-order valence-corrected chi connectivity index (χ4v) is 2.40. The van der Waals surface area contributed by atoms with Gasteiger partial charge in [-0.05, 0) is 37.6 Å². The minimum atomic E-state index is -5.03. The minimum Gasteiger partial charge on any atom is -0.483 e. The molecular weight excluding hydrogens is 337 g/mol. The van der Waals surface area contributed by atoms with Gasteiger partial charge in [-0.3, -0.25) is 4.79 Å². The number of carbonyl (C=O) groups is 1. The number of carbonyl (C=O) groups excluding carboxylic acids is 1. The summed E-state index contributed by atoms with van der Waals surface area (Å²) in [5.74, 6) is -0.797. The second kappa shape index (κ2) is 6.01. The molecule has 1 aliphatic heterocycles. The number of hydrazone groups is 1. The maximum absolute atomic E-state index is 13.0. The molecule has 1 aliphatic rings. The molecule has 0 radical (unpaired) electrons. The molecule has 9 heteroatoms.